The summed E-state index contributed by atoms with van der Waals surface area (Å²) in [6.07, 6.45) is 0. The highest BCUT2D eigenvalue weighted by Crippen LogP contribution is 2.26. The van der Waals surface area contributed by atoms with Gasteiger partial charge in [-0.15, -0.1) is 11.3 Å². The molecule has 3 aromatic rings. The van der Waals surface area contributed by atoms with Crippen molar-refractivity contribution in [2.75, 3.05) is 0 Å². The Labute approximate surface area is 156 Å². The molecule has 2 aromatic heterocycles. The zero-order valence-electron chi connectivity index (χ0n) is 14.4. The smallest absolute Gasteiger partial charge is 0.251 e. The monoisotopic (exact) mass is 373 g/mol. The number of carbonyl (C=O) groups is 1. The van der Waals surface area contributed by atoms with Crippen molar-refractivity contribution in [2.24, 2.45) is 0 Å². The molecule has 1 unspecified atom stereocenters. The van der Waals surface area contributed by atoms with E-state index in [0.717, 1.165) is 26.2 Å². The third-order valence-electron chi connectivity index (χ3n) is 4.02. The number of aromatic nitrogens is 2. The van der Waals surface area contributed by atoms with E-state index in [2.05, 4.69) is 16.5 Å². The van der Waals surface area contributed by atoms with Gasteiger partial charge in [-0.1, -0.05) is 23.7 Å². The van der Waals surface area contributed by atoms with Crippen LogP contribution in [0.1, 0.15) is 45.2 Å². The SMILES string of the molecule is Cc1cc(C)n(Cc2ccc(C(=O)NC(C)c3ccc(Cl)s3)cc2)n1. The minimum Gasteiger partial charge on any atom is -0.345 e. The van der Waals surface area contributed by atoms with Gasteiger partial charge in [0.05, 0.1) is 22.6 Å². The highest BCUT2D eigenvalue weighted by atomic mass is 35.5. The van der Waals surface area contributed by atoms with Crippen LogP contribution < -0.4 is 5.32 Å². The van der Waals surface area contributed by atoms with Crippen LogP contribution in [-0.4, -0.2) is 15.7 Å². The first-order chi connectivity index (χ1) is 11.9. The van der Waals surface area contributed by atoms with Crippen molar-refractivity contribution >= 4 is 28.8 Å². The molecule has 1 N–H and O–H groups in total. The summed E-state index contributed by atoms with van der Waals surface area (Å²) >= 11 is 7.43. The first-order valence-corrected chi connectivity index (χ1v) is 9.28. The predicted molar refractivity (Wildman–Crippen MR) is 102 cm³/mol. The van der Waals surface area contributed by atoms with Crippen LogP contribution in [0, 0.1) is 13.8 Å². The number of aryl methyl sites for hydroxylation is 2. The van der Waals surface area contributed by atoms with Crippen molar-refractivity contribution in [1.29, 1.82) is 0 Å². The Hall–Kier alpha value is -2.11. The summed E-state index contributed by atoms with van der Waals surface area (Å²) in [7, 11) is 0. The molecule has 3 rings (SSSR count). The number of carbonyl (C=O) groups excluding carboxylic acids is 1. The fraction of sp³-hybridized carbons (Fsp3) is 0.263. The third-order valence-corrected chi connectivity index (χ3v) is 5.43. The number of amides is 1. The fourth-order valence-electron chi connectivity index (χ4n) is 2.68. The average molecular weight is 374 g/mol. The molecule has 1 amide bonds. The standard InChI is InChI=1S/C19H20ClN3OS/c1-12-10-13(2)23(22-12)11-15-4-6-16(7-5-15)19(24)21-14(3)17-8-9-18(20)25-17/h4-10,14H,11H2,1-3H3,(H,21,24). The van der Waals surface area contributed by atoms with E-state index in [4.69, 9.17) is 11.6 Å². The molecule has 0 spiro atoms. The van der Waals surface area contributed by atoms with Crippen LogP contribution >= 0.6 is 22.9 Å². The molecular formula is C19H20ClN3OS. The topological polar surface area (TPSA) is 46.9 Å². The minimum absolute atomic E-state index is 0.0700. The van der Waals surface area contributed by atoms with Gasteiger partial charge in [-0.2, -0.15) is 5.10 Å². The Morgan fingerprint density at radius 3 is 2.52 bits per heavy atom. The van der Waals surface area contributed by atoms with Crippen molar-refractivity contribution in [3.63, 3.8) is 0 Å². The summed E-state index contributed by atoms with van der Waals surface area (Å²) in [4.78, 5) is 13.4. The molecule has 0 aliphatic carbocycles. The Kier molecular flexibility index (Phi) is 5.25. The lowest BCUT2D eigenvalue weighted by molar-refractivity contribution is 0.0940. The molecule has 1 atom stereocenters. The van der Waals surface area contributed by atoms with E-state index in [1.165, 1.54) is 11.3 Å². The van der Waals surface area contributed by atoms with Crippen LogP contribution in [0.15, 0.2) is 42.5 Å². The average Bonchev–Trinajstić information content (AvgIpc) is 3.13. The van der Waals surface area contributed by atoms with Gasteiger partial charge >= 0.3 is 0 Å². The summed E-state index contributed by atoms with van der Waals surface area (Å²) < 4.78 is 2.69. The molecule has 1 aromatic carbocycles. The van der Waals surface area contributed by atoms with E-state index in [0.29, 0.717) is 12.1 Å². The first kappa shape index (κ1) is 17.7. The molecule has 130 valence electrons. The fourth-order valence-corrected chi connectivity index (χ4v) is 3.74. The Morgan fingerprint density at radius 2 is 1.96 bits per heavy atom. The van der Waals surface area contributed by atoms with Crippen molar-refractivity contribution in [1.82, 2.24) is 15.1 Å². The van der Waals surface area contributed by atoms with E-state index in [1.54, 1.807) is 0 Å². The van der Waals surface area contributed by atoms with Gasteiger partial charge in [-0.05, 0) is 56.7 Å². The molecule has 0 saturated heterocycles. The summed E-state index contributed by atoms with van der Waals surface area (Å²) in [6.45, 7) is 6.68. The van der Waals surface area contributed by atoms with Gasteiger partial charge in [-0.3, -0.25) is 9.48 Å². The second kappa shape index (κ2) is 7.42. The van der Waals surface area contributed by atoms with Gasteiger partial charge in [0.15, 0.2) is 0 Å². The molecule has 0 radical (unpaired) electrons. The lowest BCUT2D eigenvalue weighted by atomic mass is 10.1. The Balaban J connectivity index is 1.65. The maximum absolute atomic E-state index is 12.4. The van der Waals surface area contributed by atoms with E-state index in [9.17, 15) is 4.79 Å². The second-order valence-corrected chi connectivity index (χ2v) is 7.87. The van der Waals surface area contributed by atoms with Gasteiger partial charge in [0.25, 0.3) is 5.91 Å². The number of benzene rings is 1. The van der Waals surface area contributed by atoms with Gasteiger partial charge in [0, 0.05) is 16.1 Å². The van der Waals surface area contributed by atoms with Crippen molar-refractivity contribution < 1.29 is 4.79 Å². The largest absolute Gasteiger partial charge is 0.345 e. The summed E-state index contributed by atoms with van der Waals surface area (Å²) in [6, 6.07) is 13.4. The molecule has 0 aliphatic heterocycles. The van der Waals surface area contributed by atoms with E-state index in [-0.39, 0.29) is 11.9 Å². The summed E-state index contributed by atoms with van der Waals surface area (Å²) in [5, 5.41) is 7.47. The molecule has 25 heavy (non-hydrogen) atoms. The molecule has 4 nitrogen and oxygen atoms in total. The zero-order valence-corrected chi connectivity index (χ0v) is 16.0. The molecule has 0 saturated carbocycles. The quantitative estimate of drug-likeness (QED) is 0.701. The first-order valence-electron chi connectivity index (χ1n) is 8.08. The van der Waals surface area contributed by atoms with Crippen LogP contribution in [0.25, 0.3) is 0 Å². The van der Waals surface area contributed by atoms with E-state index in [1.807, 2.05) is 61.9 Å². The van der Waals surface area contributed by atoms with Crippen LogP contribution in [0.2, 0.25) is 4.34 Å². The predicted octanol–water partition coefficient (Wildman–Crippen LogP) is 4.75. The van der Waals surface area contributed by atoms with Gasteiger partial charge < -0.3 is 5.32 Å². The van der Waals surface area contributed by atoms with Crippen molar-refractivity contribution in [3.8, 4) is 0 Å². The number of thiophene rings is 1. The molecular weight excluding hydrogens is 354 g/mol. The molecule has 2 heterocycles. The number of nitrogens with zero attached hydrogens (tertiary/aromatic N) is 2. The molecule has 6 heteroatoms. The highest BCUT2D eigenvalue weighted by Gasteiger charge is 2.13. The maximum atomic E-state index is 12.4. The highest BCUT2D eigenvalue weighted by molar-refractivity contribution is 7.16. The molecule has 0 fully saturated rings. The van der Waals surface area contributed by atoms with Crippen LogP contribution in [0.4, 0.5) is 0 Å². The minimum atomic E-state index is -0.0883. The maximum Gasteiger partial charge on any atom is 0.251 e. The third kappa shape index (κ3) is 4.30. The van der Waals surface area contributed by atoms with E-state index < -0.39 is 0 Å². The Bertz CT molecular complexity index is 882. The van der Waals surface area contributed by atoms with Crippen molar-refractivity contribution in [3.05, 3.63) is 74.2 Å². The lowest BCUT2D eigenvalue weighted by Gasteiger charge is -2.12. The number of nitrogens with one attached hydrogen (secondary N) is 1. The van der Waals surface area contributed by atoms with Gasteiger partial charge in [0.2, 0.25) is 0 Å². The number of rotatable bonds is 5. The van der Waals surface area contributed by atoms with Gasteiger partial charge in [-0.25, -0.2) is 0 Å². The molecule has 0 aliphatic rings. The van der Waals surface area contributed by atoms with Crippen LogP contribution in [0.3, 0.4) is 0 Å². The number of hydrogen-bond donors (Lipinski definition) is 1. The Morgan fingerprint density at radius 1 is 1.24 bits per heavy atom. The van der Waals surface area contributed by atoms with Crippen LogP contribution in [0.5, 0.6) is 0 Å². The van der Waals surface area contributed by atoms with Crippen molar-refractivity contribution in [2.45, 2.75) is 33.4 Å². The normalized spacial score (nSPS) is 12.2. The second-order valence-electron chi connectivity index (χ2n) is 6.12. The lowest BCUT2D eigenvalue weighted by Crippen LogP contribution is -2.26. The van der Waals surface area contributed by atoms with Gasteiger partial charge in [0.1, 0.15) is 0 Å². The summed E-state index contributed by atoms with van der Waals surface area (Å²) in [5.41, 5.74) is 3.89. The number of hydrogen-bond acceptors (Lipinski definition) is 3. The number of halogens is 1. The van der Waals surface area contributed by atoms with Crippen LogP contribution in [-0.2, 0) is 6.54 Å². The zero-order chi connectivity index (χ0) is 18.0. The molecule has 0 bridgehead atoms. The van der Waals surface area contributed by atoms with E-state index >= 15 is 0 Å². The summed E-state index contributed by atoms with van der Waals surface area (Å²) in [5.74, 6) is -0.0883.